The summed E-state index contributed by atoms with van der Waals surface area (Å²) in [6.45, 7) is 2.54. The van der Waals surface area contributed by atoms with Gasteiger partial charge in [-0.05, 0) is 18.4 Å². The highest BCUT2D eigenvalue weighted by Crippen LogP contribution is 2.13. The summed E-state index contributed by atoms with van der Waals surface area (Å²) >= 11 is 0. The third kappa shape index (κ3) is 10.4. The lowest BCUT2D eigenvalue weighted by Crippen LogP contribution is -2.44. The molecular formula is C16H23F3N2O4. The second-order valence-corrected chi connectivity index (χ2v) is 5.14. The van der Waals surface area contributed by atoms with Gasteiger partial charge in [0.05, 0.1) is 7.11 Å². The average Bonchev–Trinajstić information content (AvgIpc) is 2.55. The predicted molar refractivity (Wildman–Crippen MR) is 85.9 cm³/mol. The van der Waals surface area contributed by atoms with E-state index in [4.69, 9.17) is 20.4 Å². The third-order valence-electron chi connectivity index (χ3n) is 3.10. The molecule has 0 heterocycles. The number of esters is 1. The number of alkyl halides is 3. The largest absolute Gasteiger partial charge is 0.490 e. The Hall–Kier alpha value is -2.13. The number of benzene rings is 1. The van der Waals surface area contributed by atoms with E-state index in [1.807, 2.05) is 25.1 Å². The summed E-state index contributed by atoms with van der Waals surface area (Å²) in [6, 6.07) is 9.81. The van der Waals surface area contributed by atoms with E-state index < -0.39 is 12.1 Å². The molecule has 0 aromatic heterocycles. The van der Waals surface area contributed by atoms with E-state index in [1.165, 1.54) is 12.7 Å². The first-order chi connectivity index (χ1) is 11.6. The predicted octanol–water partition coefficient (Wildman–Crippen LogP) is 1.73. The zero-order chi connectivity index (χ0) is 19.5. The summed E-state index contributed by atoms with van der Waals surface area (Å²) in [6.07, 6.45) is -3.59. The van der Waals surface area contributed by atoms with Crippen molar-refractivity contribution in [3.8, 4) is 0 Å². The third-order valence-corrected chi connectivity index (χ3v) is 3.10. The molecule has 9 heteroatoms. The van der Waals surface area contributed by atoms with Gasteiger partial charge in [0.15, 0.2) is 0 Å². The molecule has 0 radical (unpaired) electrons. The number of hydrogen-bond acceptors (Lipinski definition) is 5. The van der Waals surface area contributed by atoms with Crippen molar-refractivity contribution < 1.29 is 32.6 Å². The zero-order valence-corrected chi connectivity index (χ0v) is 14.0. The van der Waals surface area contributed by atoms with E-state index in [-0.39, 0.29) is 18.1 Å². The number of carbonyl (C=O) groups excluding carboxylic acids is 1. The van der Waals surface area contributed by atoms with E-state index in [0.29, 0.717) is 13.0 Å². The van der Waals surface area contributed by atoms with Gasteiger partial charge in [0, 0.05) is 12.6 Å². The van der Waals surface area contributed by atoms with Gasteiger partial charge in [-0.2, -0.15) is 13.2 Å². The van der Waals surface area contributed by atoms with Crippen LogP contribution in [0.4, 0.5) is 13.2 Å². The molecular weight excluding hydrogens is 341 g/mol. The van der Waals surface area contributed by atoms with Crippen LogP contribution in [-0.2, 0) is 20.7 Å². The van der Waals surface area contributed by atoms with Crippen LogP contribution in [0.25, 0.3) is 0 Å². The van der Waals surface area contributed by atoms with Crippen LogP contribution in [0.5, 0.6) is 0 Å². The number of aliphatic carboxylic acids is 1. The molecule has 0 unspecified atom stereocenters. The number of rotatable bonds is 7. The van der Waals surface area contributed by atoms with E-state index in [0.717, 1.165) is 6.42 Å². The Kier molecular flexibility index (Phi) is 10.5. The van der Waals surface area contributed by atoms with Gasteiger partial charge < -0.3 is 20.9 Å². The summed E-state index contributed by atoms with van der Waals surface area (Å²) in [7, 11) is 1.40. The second kappa shape index (κ2) is 11.4. The van der Waals surface area contributed by atoms with Gasteiger partial charge in [0.2, 0.25) is 0 Å². The fraction of sp³-hybridized carbons (Fsp3) is 0.500. The van der Waals surface area contributed by atoms with Crippen molar-refractivity contribution in [3.05, 3.63) is 35.9 Å². The van der Waals surface area contributed by atoms with Crippen molar-refractivity contribution in [3.63, 3.8) is 0 Å². The SMILES string of the molecule is CC[C@H](NC[C@@H](N)Cc1ccccc1)C(=O)OC.O=C(O)C(F)(F)F. The van der Waals surface area contributed by atoms with Gasteiger partial charge >= 0.3 is 18.1 Å². The Bertz CT molecular complexity index is 524. The number of nitrogens with one attached hydrogen (secondary N) is 1. The van der Waals surface area contributed by atoms with Crippen molar-refractivity contribution in [2.45, 2.75) is 38.0 Å². The van der Waals surface area contributed by atoms with Crippen LogP contribution in [-0.4, -0.2) is 49.0 Å². The Labute approximate surface area is 144 Å². The zero-order valence-electron chi connectivity index (χ0n) is 14.0. The lowest BCUT2D eigenvalue weighted by atomic mass is 10.1. The average molecular weight is 364 g/mol. The summed E-state index contributed by atoms with van der Waals surface area (Å²) < 4.78 is 36.4. The second-order valence-electron chi connectivity index (χ2n) is 5.14. The molecule has 0 aliphatic rings. The molecule has 1 aromatic carbocycles. The van der Waals surface area contributed by atoms with Crippen LogP contribution >= 0.6 is 0 Å². The van der Waals surface area contributed by atoms with Gasteiger partial charge in [0.25, 0.3) is 0 Å². The Balaban J connectivity index is 0.000000697. The summed E-state index contributed by atoms with van der Waals surface area (Å²) in [5.41, 5.74) is 7.24. The van der Waals surface area contributed by atoms with Crippen LogP contribution in [0, 0.1) is 0 Å². The number of carbonyl (C=O) groups is 2. The molecule has 0 bridgehead atoms. The lowest BCUT2D eigenvalue weighted by Gasteiger charge is -2.18. The quantitative estimate of drug-likeness (QED) is 0.637. The highest BCUT2D eigenvalue weighted by molar-refractivity contribution is 5.75. The molecule has 0 amide bonds. The minimum absolute atomic E-state index is 0.00824. The van der Waals surface area contributed by atoms with E-state index in [9.17, 15) is 18.0 Å². The molecule has 6 nitrogen and oxygen atoms in total. The molecule has 2 atom stereocenters. The van der Waals surface area contributed by atoms with Crippen LogP contribution in [0.1, 0.15) is 18.9 Å². The molecule has 0 fully saturated rings. The minimum Gasteiger partial charge on any atom is -0.475 e. The molecule has 1 aromatic rings. The number of ether oxygens (including phenoxy) is 1. The van der Waals surface area contributed by atoms with Crippen LogP contribution in [0.3, 0.4) is 0 Å². The number of carboxylic acids is 1. The highest BCUT2D eigenvalue weighted by atomic mass is 19.4. The van der Waals surface area contributed by atoms with Gasteiger partial charge in [-0.15, -0.1) is 0 Å². The van der Waals surface area contributed by atoms with Gasteiger partial charge in [-0.25, -0.2) is 4.79 Å². The fourth-order valence-electron chi connectivity index (χ4n) is 1.82. The Morgan fingerprint density at radius 3 is 2.20 bits per heavy atom. The van der Waals surface area contributed by atoms with Crippen molar-refractivity contribution >= 4 is 11.9 Å². The van der Waals surface area contributed by atoms with Gasteiger partial charge in [-0.1, -0.05) is 37.3 Å². The van der Waals surface area contributed by atoms with Crippen molar-refractivity contribution in [1.29, 1.82) is 0 Å². The maximum Gasteiger partial charge on any atom is 0.490 e. The molecule has 4 N–H and O–H groups in total. The Morgan fingerprint density at radius 1 is 1.28 bits per heavy atom. The highest BCUT2D eigenvalue weighted by Gasteiger charge is 2.38. The first-order valence-corrected chi connectivity index (χ1v) is 7.52. The van der Waals surface area contributed by atoms with Crippen LogP contribution < -0.4 is 11.1 Å². The normalized spacial score (nSPS) is 13.2. The number of hydrogen-bond donors (Lipinski definition) is 3. The minimum atomic E-state index is -5.08. The number of methoxy groups -OCH3 is 1. The van der Waals surface area contributed by atoms with Gasteiger partial charge in [0.1, 0.15) is 6.04 Å². The molecule has 0 aliphatic carbocycles. The number of halogens is 3. The van der Waals surface area contributed by atoms with Crippen LogP contribution in [0.2, 0.25) is 0 Å². The van der Waals surface area contributed by atoms with Gasteiger partial charge in [-0.3, -0.25) is 4.79 Å². The number of nitrogens with two attached hydrogens (primary N) is 1. The lowest BCUT2D eigenvalue weighted by molar-refractivity contribution is -0.192. The summed E-state index contributed by atoms with van der Waals surface area (Å²) in [5.74, 6) is -2.99. The van der Waals surface area contributed by atoms with Crippen molar-refractivity contribution in [2.75, 3.05) is 13.7 Å². The van der Waals surface area contributed by atoms with Crippen molar-refractivity contribution in [2.24, 2.45) is 5.73 Å². The fourth-order valence-corrected chi connectivity index (χ4v) is 1.82. The maximum absolute atomic E-state index is 11.4. The molecule has 142 valence electrons. The molecule has 0 saturated carbocycles. The first-order valence-electron chi connectivity index (χ1n) is 7.52. The maximum atomic E-state index is 11.4. The number of carboxylic acid groups (broad SMARTS) is 1. The molecule has 0 aliphatic heterocycles. The summed E-state index contributed by atoms with van der Waals surface area (Å²) in [5, 5.41) is 10.3. The first kappa shape index (κ1) is 22.9. The van der Waals surface area contributed by atoms with E-state index in [2.05, 4.69) is 17.4 Å². The topological polar surface area (TPSA) is 102 Å². The summed E-state index contributed by atoms with van der Waals surface area (Å²) in [4.78, 5) is 20.3. The standard InChI is InChI=1S/C14H22N2O2.C2HF3O2/c1-3-13(14(17)18-2)16-10-12(15)9-11-7-5-4-6-8-11;3-2(4,5)1(6)7/h4-8,12-13,16H,3,9-10,15H2,1-2H3;(H,6,7)/t12-,13-;/m0./s1. The van der Waals surface area contributed by atoms with Crippen molar-refractivity contribution in [1.82, 2.24) is 5.32 Å². The van der Waals surface area contributed by atoms with E-state index in [1.54, 1.807) is 0 Å². The molecule has 1 rings (SSSR count). The van der Waals surface area contributed by atoms with E-state index >= 15 is 0 Å². The molecule has 0 spiro atoms. The molecule has 25 heavy (non-hydrogen) atoms. The smallest absolute Gasteiger partial charge is 0.475 e. The Morgan fingerprint density at radius 2 is 1.80 bits per heavy atom. The molecule has 0 saturated heterocycles. The monoisotopic (exact) mass is 364 g/mol. The van der Waals surface area contributed by atoms with Crippen LogP contribution in [0.15, 0.2) is 30.3 Å².